The van der Waals surface area contributed by atoms with E-state index in [4.69, 9.17) is 0 Å². The first kappa shape index (κ1) is 10.1. The number of hydrogen-bond donors (Lipinski definition) is 0. The third-order valence-electron chi connectivity index (χ3n) is 4.03. The standard InChI is InChI=1S/C12H24/c1-8(2)10(4)11(5)12-6-9(3)7-12/h8-12H,6-7H2,1-5H3. The topological polar surface area (TPSA) is 0 Å². The Morgan fingerprint density at radius 1 is 1.00 bits per heavy atom. The van der Waals surface area contributed by atoms with E-state index in [-0.39, 0.29) is 0 Å². The molecule has 0 radical (unpaired) electrons. The van der Waals surface area contributed by atoms with Crippen LogP contribution in [0.4, 0.5) is 0 Å². The molecule has 72 valence electrons. The minimum Gasteiger partial charge on any atom is -0.0625 e. The van der Waals surface area contributed by atoms with E-state index in [1.807, 2.05) is 0 Å². The van der Waals surface area contributed by atoms with Crippen LogP contribution in [0.15, 0.2) is 0 Å². The molecule has 0 bridgehead atoms. The molecule has 0 nitrogen and oxygen atoms in total. The van der Waals surface area contributed by atoms with Gasteiger partial charge in [-0.3, -0.25) is 0 Å². The zero-order valence-electron chi connectivity index (χ0n) is 9.30. The maximum atomic E-state index is 2.45. The zero-order chi connectivity index (χ0) is 9.30. The van der Waals surface area contributed by atoms with Gasteiger partial charge in [0.1, 0.15) is 0 Å². The van der Waals surface area contributed by atoms with Crippen molar-refractivity contribution >= 4 is 0 Å². The molecular weight excluding hydrogens is 144 g/mol. The second-order valence-corrected chi connectivity index (χ2v) is 5.30. The van der Waals surface area contributed by atoms with Crippen LogP contribution < -0.4 is 0 Å². The van der Waals surface area contributed by atoms with Gasteiger partial charge < -0.3 is 0 Å². The molecule has 0 heterocycles. The largest absolute Gasteiger partial charge is 0.0625 e. The molecule has 12 heavy (non-hydrogen) atoms. The fraction of sp³-hybridized carbons (Fsp3) is 1.00. The van der Waals surface area contributed by atoms with Gasteiger partial charge in [0.05, 0.1) is 0 Å². The van der Waals surface area contributed by atoms with Crippen molar-refractivity contribution in [2.45, 2.75) is 47.5 Å². The molecule has 0 spiro atoms. The molecule has 0 heteroatoms. The zero-order valence-corrected chi connectivity index (χ0v) is 9.30. The molecule has 0 saturated heterocycles. The van der Waals surface area contributed by atoms with Gasteiger partial charge in [0.25, 0.3) is 0 Å². The summed E-state index contributed by atoms with van der Waals surface area (Å²) >= 11 is 0. The fourth-order valence-corrected chi connectivity index (χ4v) is 2.43. The average molecular weight is 168 g/mol. The first-order valence-electron chi connectivity index (χ1n) is 5.52. The van der Waals surface area contributed by atoms with Crippen LogP contribution in [-0.4, -0.2) is 0 Å². The van der Waals surface area contributed by atoms with Gasteiger partial charge in [0.15, 0.2) is 0 Å². The van der Waals surface area contributed by atoms with Crippen molar-refractivity contribution in [2.24, 2.45) is 29.6 Å². The smallest absolute Gasteiger partial charge is 0.0381 e. The summed E-state index contributed by atoms with van der Waals surface area (Å²) in [5, 5.41) is 0. The predicted molar refractivity (Wildman–Crippen MR) is 55.1 cm³/mol. The Labute approximate surface area is 77.7 Å². The van der Waals surface area contributed by atoms with Crippen LogP contribution in [0.5, 0.6) is 0 Å². The van der Waals surface area contributed by atoms with Crippen LogP contribution in [0.2, 0.25) is 0 Å². The molecule has 2 unspecified atom stereocenters. The van der Waals surface area contributed by atoms with Gasteiger partial charge in [-0.05, 0) is 42.4 Å². The maximum absolute atomic E-state index is 2.45. The molecule has 1 rings (SSSR count). The molecular formula is C12H24. The van der Waals surface area contributed by atoms with Crippen molar-refractivity contribution in [1.29, 1.82) is 0 Å². The maximum Gasteiger partial charge on any atom is -0.0381 e. The second-order valence-electron chi connectivity index (χ2n) is 5.30. The Morgan fingerprint density at radius 2 is 1.50 bits per heavy atom. The summed E-state index contributed by atoms with van der Waals surface area (Å²) in [6.45, 7) is 11.9. The lowest BCUT2D eigenvalue weighted by Crippen LogP contribution is -2.32. The number of rotatable bonds is 3. The van der Waals surface area contributed by atoms with Crippen molar-refractivity contribution < 1.29 is 0 Å². The molecule has 0 N–H and O–H groups in total. The highest BCUT2D eigenvalue weighted by atomic mass is 14.4. The fourth-order valence-electron chi connectivity index (χ4n) is 2.43. The van der Waals surface area contributed by atoms with Gasteiger partial charge in [-0.1, -0.05) is 34.6 Å². The van der Waals surface area contributed by atoms with E-state index in [1.54, 1.807) is 0 Å². The van der Waals surface area contributed by atoms with Crippen LogP contribution in [0.3, 0.4) is 0 Å². The first-order chi connectivity index (χ1) is 5.52. The molecule has 0 aromatic carbocycles. The van der Waals surface area contributed by atoms with Crippen molar-refractivity contribution in [3.8, 4) is 0 Å². The van der Waals surface area contributed by atoms with E-state index in [2.05, 4.69) is 34.6 Å². The summed E-state index contributed by atoms with van der Waals surface area (Å²) in [7, 11) is 0. The third-order valence-corrected chi connectivity index (χ3v) is 4.03. The first-order valence-corrected chi connectivity index (χ1v) is 5.52. The van der Waals surface area contributed by atoms with E-state index in [9.17, 15) is 0 Å². The van der Waals surface area contributed by atoms with E-state index < -0.39 is 0 Å². The van der Waals surface area contributed by atoms with Gasteiger partial charge in [-0.2, -0.15) is 0 Å². The van der Waals surface area contributed by atoms with Crippen LogP contribution in [0.25, 0.3) is 0 Å². The van der Waals surface area contributed by atoms with Crippen molar-refractivity contribution in [3.63, 3.8) is 0 Å². The Kier molecular flexibility index (Phi) is 3.20. The van der Waals surface area contributed by atoms with Crippen molar-refractivity contribution in [3.05, 3.63) is 0 Å². The molecule has 1 fully saturated rings. The quantitative estimate of drug-likeness (QED) is 0.598. The highest BCUT2D eigenvalue weighted by molar-refractivity contribution is 4.83. The highest BCUT2D eigenvalue weighted by Gasteiger charge is 2.33. The van der Waals surface area contributed by atoms with E-state index in [0.29, 0.717) is 0 Å². The van der Waals surface area contributed by atoms with Gasteiger partial charge in [0, 0.05) is 0 Å². The lowest BCUT2D eigenvalue weighted by atomic mass is 9.65. The van der Waals surface area contributed by atoms with Gasteiger partial charge in [-0.25, -0.2) is 0 Å². The van der Waals surface area contributed by atoms with E-state index in [0.717, 1.165) is 29.6 Å². The second kappa shape index (κ2) is 3.81. The molecule has 2 atom stereocenters. The predicted octanol–water partition coefficient (Wildman–Crippen LogP) is 3.96. The lowest BCUT2D eigenvalue weighted by molar-refractivity contribution is 0.0941. The van der Waals surface area contributed by atoms with Crippen LogP contribution in [-0.2, 0) is 0 Å². The van der Waals surface area contributed by atoms with Gasteiger partial charge >= 0.3 is 0 Å². The molecule has 0 aromatic rings. The normalized spacial score (nSPS) is 34.5. The van der Waals surface area contributed by atoms with Gasteiger partial charge in [-0.15, -0.1) is 0 Å². The van der Waals surface area contributed by atoms with Crippen LogP contribution in [0, 0.1) is 29.6 Å². The van der Waals surface area contributed by atoms with Gasteiger partial charge in [0.2, 0.25) is 0 Å². The van der Waals surface area contributed by atoms with E-state index in [1.165, 1.54) is 12.8 Å². The SMILES string of the molecule is CC1CC(C(C)C(C)C(C)C)C1. The van der Waals surface area contributed by atoms with Crippen molar-refractivity contribution in [1.82, 2.24) is 0 Å². The Morgan fingerprint density at radius 3 is 1.83 bits per heavy atom. The van der Waals surface area contributed by atoms with Crippen molar-refractivity contribution in [2.75, 3.05) is 0 Å². The monoisotopic (exact) mass is 168 g/mol. The molecule has 1 aliphatic carbocycles. The average Bonchev–Trinajstić information content (AvgIpc) is 1.95. The Hall–Kier alpha value is 0. The Balaban J connectivity index is 2.32. The summed E-state index contributed by atoms with van der Waals surface area (Å²) in [6, 6.07) is 0. The molecule has 1 saturated carbocycles. The van der Waals surface area contributed by atoms with E-state index >= 15 is 0 Å². The molecule has 0 aliphatic heterocycles. The lowest BCUT2D eigenvalue weighted by Gasteiger charge is -2.41. The number of hydrogen-bond acceptors (Lipinski definition) is 0. The van der Waals surface area contributed by atoms with Crippen LogP contribution in [0.1, 0.15) is 47.5 Å². The Bertz CT molecular complexity index is 131. The highest BCUT2D eigenvalue weighted by Crippen LogP contribution is 2.42. The summed E-state index contributed by atoms with van der Waals surface area (Å²) < 4.78 is 0. The summed E-state index contributed by atoms with van der Waals surface area (Å²) in [5.41, 5.74) is 0. The minimum atomic E-state index is 0.857. The summed E-state index contributed by atoms with van der Waals surface area (Å²) in [6.07, 6.45) is 2.97. The molecule has 0 aromatic heterocycles. The molecule has 0 amide bonds. The minimum absolute atomic E-state index is 0.857. The third kappa shape index (κ3) is 2.02. The molecule has 1 aliphatic rings. The summed E-state index contributed by atoms with van der Waals surface area (Å²) in [5.74, 6) is 4.76. The summed E-state index contributed by atoms with van der Waals surface area (Å²) in [4.78, 5) is 0. The van der Waals surface area contributed by atoms with Crippen LogP contribution >= 0.6 is 0 Å².